The molecule has 0 rings (SSSR count). The second kappa shape index (κ2) is 15.8. The van der Waals surface area contributed by atoms with Crippen LogP contribution in [0.2, 0.25) is 0 Å². The zero-order valence-corrected chi connectivity index (χ0v) is 13.4. The van der Waals surface area contributed by atoms with Crippen LogP contribution in [0, 0.1) is 0 Å². The van der Waals surface area contributed by atoms with Crippen LogP contribution in [-0.4, -0.2) is 11.2 Å². The molecule has 0 amide bonds. The van der Waals surface area contributed by atoms with Crippen LogP contribution in [0.1, 0.15) is 97.3 Å². The normalized spacial score (nSPS) is 13.2. The Bertz CT molecular complexity index is 184. The van der Waals surface area contributed by atoms with Crippen LogP contribution in [0.15, 0.2) is 12.2 Å². The van der Waals surface area contributed by atoms with Gasteiger partial charge in [0.2, 0.25) is 0 Å². The molecule has 0 fully saturated rings. The SMILES string of the molecule is CCCCCCCC/C=C\CCCCCCC(C)O. The summed E-state index contributed by atoms with van der Waals surface area (Å²) in [5, 5.41) is 9.13. The van der Waals surface area contributed by atoms with Gasteiger partial charge in [0.15, 0.2) is 0 Å². The number of hydrogen-bond donors (Lipinski definition) is 1. The summed E-state index contributed by atoms with van der Waals surface area (Å²) in [6, 6.07) is 0. The number of hydrogen-bond acceptors (Lipinski definition) is 1. The van der Waals surface area contributed by atoms with E-state index in [1.54, 1.807) is 0 Å². The Morgan fingerprint density at radius 3 is 1.74 bits per heavy atom. The number of unbranched alkanes of at least 4 members (excludes halogenated alkanes) is 10. The van der Waals surface area contributed by atoms with Gasteiger partial charge in [0.05, 0.1) is 6.10 Å². The summed E-state index contributed by atoms with van der Waals surface area (Å²) in [4.78, 5) is 0. The maximum absolute atomic E-state index is 9.13. The topological polar surface area (TPSA) is 20.2 Å². The summed E-state index contributed by atoms with van der Waals surface area (Å²) in [6.07, 6.45) is 21.6. The van der Waals surface area contributed by atoms with Crippen molar-refractivity contribution in [2.45, 2.75) is 103 Å². The van der Waals surface area contributed by atoms with Crippen molar-refractivity contribution in [1.29, 1.82) is 0 Å². The van der Waals surface area contributed by atoms with Crippen molar-refractivity contribution in [2.75, 3.05) is 0 Å². The fraction of sp³-hybridized carbons (Fsp3) is 0.889. The first-order valence-electron chi connectivity index (χ1n) is 8.60. The Labute approximate surface area is 121 Å². The highest BCUT2D eigenvalue weighted by Crippen LogP contribution is 2.09. The molecule has 114 valence electrons. The first-order valence-corrected chi connectivity index (χ1v) is 8.60. The molecule has 0 aromatic rings. The lowest BCUT2D eigenvalue weighted by atomic mass is 10.1. The zero-order valence-electron chi connectivity index (χ0n) is 13.4. The van der Waals surface area contributed by atoms with Gasteiger partial charge in [-0.2, -0.15) is 0 Å². The number of aliphatic hydroxyl groups excluding tert-OH is 1. The summed E-state index contributed by atoms with van der Waals surface area (Å²) < 4.78 is 0. The van der Waals surface area contributed by atoms with Crippen LogP contribution in [-0.2, 0) is 0 Å². The molecule has 1 heteroatoms. The van der Waals surface area contributed by atoms with E-state index in [4.69, 9.17) is 5.11 Å². The summed E-state index contributed by atoms with van der Waals surface area (Å²) in [6.45, 7) is 4.15. The molecule has 0 radical (unpaired) electrons. The van der Waals surface area contributed by atoms with Crippen LogP contribution in [0.4, 0.5) is 0 Å². The third kappa shape index (κ3) is 17.7. The molecule has 0 aliphatic rings. The van der Waals surface area contributed by atoms with Crippen LogP contribution >= 0.6 is 0 Å². The Morgan fingerprint density at radius 2 is 1.21 bits per heavy atom. The van der Waals surface area contributed by atoms with Gasteiger partial charge in [-0.1, -0.05) is 70.4 Å². The van der Waals surface area contributed by atoms with E-state index in [2.05, 4.69) is 19.1 Å². The fourth-order valence-corrected chi connectivity index (χ4v) is 2.33. The molecule has 0 heterocycles. The molecule has 1 N–H and O–H groups in total. The largest absolute Gasteiger partial charge is 0.393 e. The molecule has 1 atom stereocenters. The molecule has 0 aromatic heterocycles. The van der Waals surface area contributed by atoms with Gasteiger partial charge in [0.25, 0.3) is 0 Å². The third-order valence-electron chi connectivity index (χ3n) is 3.63. The second-order valence-electron chi connectivity index (χ2n) is 5.87. The van der Waals surface area contributed by atoms with Crippen LogP contribution in [0.5, 0.6) is 0 Å². The molecular formula is C18H36O. The van der Waals surface area contributed by atoms with Crippen LogP contribution < -0.4 is 0 Å². The van der Waals surface area contributed by atoms with Crippen LogP contribution in [0.3, 0.4) is 0 Å². The van der Waals surface area contributed by atoms with Gasteiger partial charge in [0.1, 0.15) is 0 Å². The average Bonchev–Trinajstić information content (AvgIpc) is 2.39. The lowest BCUT2D eigenvalue weighted by Crippen LogP contribution is -1.98. The molecule has 0 spiro atoms. The van der Waals surface area contributed by atoms with E-state index in [1.807, 2.05) is 6.92 Å². The van der Waals surface area contributed by atoms with Crippen LogP contribution in [0.25, 0.3) is 0 Å². The van der Waals surface area contributed by atoms with Gasteiger partial charge in [-0.15, -0.1) is 0 Å². The predicted octanol–water partition coefficient (Wildman–Crippen LogP) is 6.01. The minimum absolute atomic E-state index is 0.114. The highest BCUT2D eigenvalue weighted by atomic mass is 16.3. The minimum Gasteiger partial charge on any atom is -0.393 e. The van der Waals surface area contributed by atoms with E-state index < -0.39 is 0 Å². The molecule has 1 nitrogen and oxygen atoms in total. The lowest BCUT2D eigenvalue weighted by molar-refractivity contribution is 0.180. The number of allylic oxidation sites excluding steroid dienone is 2. The monoisotopic (exact) mass is 268 g/mol. The van der Waals surface area contributed by atoms with Crippen molar-refractivity contribution < 1.29 is 5.11 Å². The highest BCUT2D eigenvalue weighted by Gasteiger charge is 1.94. The maximum Gasteiger partial charge on any atom is 0.0512 e. The zero-order chi connectivity index (χ0) is 14.2. The number of aliphatic hydroxyl groups is 1. The Morgan fingerprint density at radius 1 is 0.737 bits per heavy atom. The smallest absolute Gasteiger partial charge is 0.0512 e. The highest BCUT2D eigenvalue weighted by molar-refractivity contribution is 4.81. The first-order chi connectivity index (χ1) is 9.27. The van der Waals surface area contributed by atoms with Gasteiger partial charge < -0.3 is 5.11 Å². The van der Waals surface area contributed by atoms with Gasteiger partial charge >= 0.3 is 0 Å². The van der Waals surface area contributed by atoms with Crippen molar-refractivity contribution in [1.82, 2.24) is 0 Å². The fourth-order valence-electron chi connectivity index (χ4n) is 2.33. The second-order valence-corrected chi connectivity index (χ2v) is 5.87. The standard InChI is InChI=1S/C18H36O/c1-3-4-5-6-7-8-9-10-11-12-13-14-15-16-17-18(2)19/h10-11,18-19H,3-9,12-17H2,1-2H3/b11-10-. The molecule has 0 aliphatic heterocycles. The quantitative estimate of drug-likeness (QED) is 0.302. The molecule has 0 aliphatic carbocycles. The Balaban J connectivity index is 3.05. The summed E-state index contributed by atoms with van der Waals surface area (Å²) in [7, 11) is 0. The van der Waals surface area contributed by atoms with E-state index in [-0.39, 0.29) is 6.10 Å². The summed E-state index contributed by atoms with van der Waals surface area (Å²) >= 11 is 0. The predicted molar refractivity (Wildman–Crippen MR) is 86.5 cm³/mol. The Kier molecular flexibility index (Phi) is 15.5. The van der Waals surface area contributed by atoms with Crippen molar-refractivity contribution in [2.24, 2.45) is 0 Å². The summed E-state index contributed by atoms with van der Waals surface area (Å²) in [5.41, 5.74) is 0. The van der Waals surface area contributed by atoms with E-state index in [0.29, 0.717) is 0 Å². The Hall–Kier alpha value is -0.300. The van der Waals surface area contributed by atoms with Gasteiger partial charge in [0, 0.05) is 0 Å². The van der Waals surface area contributed by atoms with Crippen molar-refractivity contribution in [3.63, 3.8) is 0 Å². The van der Waals surface area contributed by atoms with E-state index in [1.165, 1.54) is 77.0 Å². The average molecular weight is 268 g/mol. The molecule has 0 bridgehead atoms. The summed E-state index contributed by atoms with van der Waals surface area (Å²) in [5.74, 6) is 0. The maximum atomic E-state index is 9.13. The molecule has 0 saturated heterocycles. The van der Waals surface area contributed by atoms with Crippen molar-refractivity contribution in [3.8, 4) is 0 Å². The lowest BCUT2D eigenvalue weighted by Gasteiger charge is -2.02. The first kappa shape index (κ1) is 18.7. The van der Waals surface area contributed by atoms with Gasteiger partial charge in [-0.25, -0.2) is 0 Å². The van der Waals surface area contributed by atoms with Gasteiger partial charge in [-0.3, -0.25) is 0 Å². The molecule has 1 unspecified atom stereocenters. The molecular weight excluding hydrogens is 232 g/mol. The van der Waals surface area contributed by atoms with E-state index >= 15 is 0 Å². The van der Waals surface area contributed by atoms with Crippen molar-refractivity contribution in [3.05, 3.63) is 12.2 Å². The van der Waals surface area contributed by atoms with Gasteiger partial charge in [-0.05, 0) is 39.0 Å². The van der Waals surface area contributed by atoms with Crippen molar-refractivity contribution >= 4 is 0 Å². The molecule has 0 aromatic carbocycles. The van der Waals surface area contributed by atoms with E-state index in [9.17, 15) is 0 Å². The molecule has 19 heavy (non-hydrogen) atoms. The minimum atomic E-state index is -0.114. The van der Waals surface area contributed by atoms with E-state index in [0.717, 1.165) is 6.42 Å². The number of rotatable bonds is 14. The molecule has 0 saturated carbocycles. The third-order valence-corrected chi connectivity index (χ3v) is 3.63.